The Kier molecular flexibility index (Phi) is 6.36. The van der Waals surface area contributed by atoms with Crippen molar-refractivity contribution >= 4 is 18.0 Å². The molecule has 2 amide bonds. The number of nitrogens with zero attached hydrogens (tertiary/aromatic N) is 1. The van der Waals surface area contributed by atoms with Crippen molar-refractivity contribution in [2.75, 3.05) is 19.7 Å². The molecule has 4 rings (SSSR count). The highest BCUT2D eigenvalue weighted by Gasteiger charge is 2.54. The van der Waals surface area contributed by atoms with E-state index < -0.39 is 29.1 Å². The van der Waals surface area contributed by atoms with Gasteiger partial charge in [-0.1, -0.05) is 62.4 Å². The Balaban J connectivity index is 1.43. The van der Waals surface area contributed by atoms with Gasteiger partial charge < -0.3 is 25.2 Å². The Morgan fingerprint density at radius 2 is 1.57 bits per heavy atom. The molecular weight excluding hydrogens is 448 g/mol. The molecule has 0 aromatic heterocycles. The molecule has 186 valence electrons. The Morgan fingerprint density at radius 1 is 1.06 bits per heavy atom. The lowest BCUT2D eigenvalue weighted by Crippen LogP contribution is -2.70. The summed E-state index contributed by atoms with van der Waals surface area (Å²) in [5.41, 5.74) is 1.54. The number of carbonyl (C=O) groups excluding carboxylic acids is 2. The highest BCUT2D eigenvalue weighted by Crippen LogP contribution is 2.44. The molecule has 3 N–H and O–H groups in total. The second-order valence-corrected chi connectivity index (χ2v) is 10.4. The Labute approximate surface area is 204 Å². The fraction of sp³-hybridized carbons (Fsp3) is 0.444. The minimum Gasteiger partial charge on any atom is -0.479 e. The van der Waals surface area contributed by atoms with Gasteiger partial charge in [-0.05, 0) is 42.0 Å². The van der Waals surface area contributed by atoms with E-state index in [1.807, 2.05) is 50.2 Å². The van der Waals surface area contributed by atoms with Crippen molar-refractivity contribution in [1.29, 1.82) is 0 Å². The number of ether oxygens (including phenoxy) is 1. The topological polar surface area (TPSA) is 116 Å². The number of rotatable bonds is 7. The molecule has 0 spiro atoms. The predicted octanol–water partition coefficient (Wildman–Crippen LogP) is 3.23. The van der Waals surface area contributed by atoms with E-state index in [1.54, 1.807) is 13.8 Å². The van der Waals surface area contributed by atoms with Gasteiger partial charge in [-0.3, -0.25) is 4.79 Å². The number of carbonyl (C=O) groups is 3. The molecule has 0 saturated carbocycles. The minimum atomic E-state index is -1.92. The Hall–Kier alpha value is -3.39. The molecule has 2 aromatic carbocycles. The summed E-state index contributed by atoms with van der Waals surface area (Å²) >= 11 is 0. The van der Waals surface area contributed by atoms with Gasteiger partial charge in [0.25, 0.3) is 0 Å². The molecule has 2 aliphatic rings. The van der Waals surface area contributed by atoms with E-state index >= 15 is 0 Å². The van der Waals surface area contributed by atoms with Gasteiger partial charge in [0.2, 0.25) is 5.91 Å². The number of hydrogen-bond acceptors (Lipinski definition) is 5. The molecule has 1 aliphatic carbocycles. The monoisotopic (exact) mass is 480 g/mol. The van der Waals surface area contributed by atoms with Crippen molar-refractivity contribution in [3.8, 4) is 11.1 Å². The molecule has 1 fully saturated rings. The van der Waals surface area contributed by atoms with Crippen molar-refractivity contribution in [1.82, 2.24) is 10.2 Å². The van der Waals surface area contributed by atoms with Gasteiger partial charge in [-0.25, -0.2) is 9.59 Å². The van der Waals surface area contributed by atoms with Gasteiger partial charge >= 0.3 is 12.1 Å². The molecule has 1 aliphatic heterocycles. The van der Waals surface area contributed by atoms with Crippen LogP contribution in [0.25, 0.3) is 11.1 Å². The number of aliphatic carboxylic acids is 1. The van der Waals surface area contributed by atoms with Gasteiger partial charge in [-0.15, -0.1) is 0 Å². The predicted molar refractivity (Wildman–Crippen MR) is 130 cm³/mol. The molecule has 1 unspecified atom stereocenters. The Morgan fingerprint density at radius 3 is 2.06 bits per heavy atom. The number of benzene rings is 2. The van der Waals surface area contributed by atoms with Gasteiger partial charge in [-0.2, -0.15) is 0 Å². The summed E-state index contributed by atoms with van der Waals surface area (Å²) in [4.78, 5) is 38.5. The third-order valence-corrected chi connectivity index (χ3v) is 7.20. The van der Waals surface area contributed by atoms with Crippen molar-refractivity contribution in [3.63, 3.8) is 0 Å². The van der Waals surface area contributed by atoms with E-state index in [2.05, 4.69) is 17.4 Å². The molecule has 1 heterocycles. The molecule has 8 heteroatoms. The summed E-state index contributed by atoms with van der Waals surface area (Å²) in [6.07, 6.45) is -0.614. The van der Waals surface area contributed by atoms with Crippen LogP contribution in [0, 0.1) is 11.3 Å². The van der Waals surface area contributed by atoms with E-state index in [1.165, 1.54) is 4.90 Å². The molecular formula is C27H32N2O6. The van der Waals surface area contributed by atoms with Crippen LogP contribution in [0.15, 0.2) is 48.5 Å². The number of aliphatic hydroxyl groups is 1. The van der Waals surface area contributed by atoms with Crippen LogP contribution in [0.5, 0.6) is 0 Å². The standard InChI is InChI=1S/C27H32N2O6/c1-16(2)22(26(3,4)23(30)29-14-27(34,15-29)24(31)32)28-25(33)35-13-21-19-11-7-5-9-17(19)18-10-6-8-12-20(18)21/h5-12,16,21-22,34H,13-15H2,1-4H3,(H,28,33)(H,31,32). The van der Waals surface area contributed by atoms with Crippen molar-refractivity contribution in [2.24, 2.45) is 11.3 Å². The first kappa shape index (κ1) is 24.7. The molecule has 0 bridgehead atoms. The highest BCUT2D eigenvalue weighted by atomic mass is 16.5. The number of nitrogens with one attached hydrogen (secondary N) is 1. The number of amides is 2. The minimum absolute atomic E-state index is 0.0740. The van der Waals surface area contributed by atoms with Crippen LogP contribution in [0.3, 0.4) is 0 Å². The second kappa shape index (κ2) is 9.00. The van der Waals surface area contributed by atoms with Crippen LogP contribution in [-0.4, -0.2) is 64.4 Å². The van der Waals surface area contributed by atoms with Crippen LogP contribution >= 0.6 is 0 Å². The fourth-order valence-corrected chi connectivity index (χ4v) is 5.35. The van der Waals surface area contributed by atoms with Crippen molar-refractivity contribution in [3.05, 3.63) is 59.7 Å². The van der Waals surface area contributed by atoms with Crippen LogP contribution < -0.4 is 5.32 Å². The van der Waals surface area contributed by atoms with E-state index in [0.717, 1.165) is 22.3 Å². The highest BCUT2D eigenvalue weighted by molar-refractivity contribution is 5.88. The third-order valence-electron chi connectivity index (χ3n) is 7.20. The summed E-state index contributed by atoms with van der Waals surface area (Å²) < 4.78 is 5.67. The molecule has 0 radical (unpaired) electrons. The number of hydrogen-bond donors (Lipinski definition) is 3. The van der Waals surface area contributed by atoms with Crippen LogP contribution in [0.4, 0.5) is 4.79 Å². The van der Waals surface area contributed by atoms with Gasteiger partial charge in [0.15, 0.2) is 5.60 Å². The van der Waals surface area contributed by atoms with Crippen LogP contribution in [0.1, 0.15) is 44.7 Å². The maximum atomic E-state index is 13.2. The lowest BCUT2D eigenvalue weighted by molar-refractivity contribution is -0.186. The zero-order valence-electron chi connectivity index (χ0n) is 20.4. The summed E-state index contributed by atoms with van der Waals surface area (Å²) in [7, 11) is 0. The normalized spacial score (nSPS) is 17.3. The van der Waals surface area contributed by atoms with Gasteiger partial charge in [0, 0.05) is 12.0 Å². The Bertz CT molecular complexity index is 1110. The number of likely N-dealkylation sites (tertiary alicyclic amines) is 1. The SMILES string of the molecule is CC(C)C(NC(=O)OCC1c2ccccc2-c2ccccc21)C(C)(C)C(=O)N1CC(O)(C(=O)O)C1. The first-order valence-electron chi connectivity index (χ1n) is 11.8. The van der Waals surface area contributed by atoms with E-state index in [4.69, 9.17) is 9.84 Å². The summed E-state index contributed by atoms with van der Waals surface area (Å²) in [5, 5.41) is 22.0. The average Bonchev–Trinajstić information content (AvgIpc) is 3.12. The second-order valence-electron chi connectivity index (χ2n) is 10.4. The molecule has 35 heavy (non-hydrogen) atoms. The van der Waals surface area contributed by atoms with E-state index in [0.29, 0.717) is 0 Å². The maximum absolute atomic E-state index is 13.2. The molecule has 1 saturated heterocycles. The fourth-order valence-electron chi connectivity index (χ4n) is 5.35. The first-order chi connectivity index (χ1) is 16.5. The van der Waals surface area contributed by atoms with Gasteiger partial charge in [0.05, 0.1) is 18.5 Å². The van der Waals surface area contributed by atoms with Crippen molar-refractivity contribution < 1.29 is 29.3 Å². The van der Waals surface area contributed by atoms with Crippen LogP contribution in [-0.2, 0) is 14.3 Å². The summed E-state index contributed by atoms with van der Waals surface area (Å²) in [6, 6.07) is 15.6. The third kappa shape index (κ3) is 4.38. The number of carboxylic acid groups (broad SMARTS) is 1. The summed E-state index contributed by atoms with van der Waals surface area (Å²) in [6.45, 7) is 6.82. The number of fused-ring (bicyclic) bond motifs is 3. The van der Waals surface area contributed by atoms with E-state index in [9.17, 15) is 19.5 Å². The van der Waals surface area contributed by atoms with Crippen molar-refractivity contribution in [2.45, 2.75) is 45.3 Å². The number of carboxylic acids is 1. The maximum Gasteiger partial charge on any atom is 0.407 e. The van der Waals surface area contributed by atoms with Crippen LogP contribution in [0.2, 0.25) is 0 Å². The smallest absolute Gasteiger partial charge is 0.407 e. The lowest BCUT2D eigenvalue weighted by Gasteiger charge is -2.48. The quantitative estimate of drug-likeness (QED) is 0.560. The van der Waals surface area contributed by atoms with Gasteiger partial charge in [0.1, 0.15) is 6.61 Å². The molecule has 2 aromatic rings. The lowest BCUT2D eigenvalue weighted by atomic mass is 9.76. The summed E-state index contributed by atoms with van der Waals surface area (Å²) in [5.74, 6) is -1.86. The van der Waals surface area contributed by atoms with E-state index in [-0.39, 0.29) is 37.4 Å². The zero-order valence-corrected chi connectivity index (χ0v) is 20.4. The average molecular weight is 481 g/mol. The molecule has 1 atom stereocenters. The number of β-amino-alcohol motifs (C(OH)–C–C–N with tert-alkyl or cyclic N) is 1. The number of alkyl carbamates (subject to hydrolysis) is 1. The zero-order chi connectivity index (χ0) is 25.5. The molecule has 8 nitrogen and oxygen atoms in total. The first-order valence-corrected chi connectivity index (χ1v) is 11.8. The largest absolute Gasteiger partial charge is 0.479 e.